The van der Waals surface area contributed by atoms with Crippen LogP contribution >= 0.6 is 11.6 Å². The first-order chi connectivity index (χ1) is 8.88. The highest BCUT2D eigenvalue weighted by Crippen LogP contribution is 2.49. The molecular formula is C14H18ClNO3. The number of hydrogen-bond acceptors (Lipinski definition) is 3. The number of halogens is 1. The highest BCUT2D eigenvalue weighted by atomic mass is 35.5. The van der Waals surface area contributed by atoms with Crippen LogP contribution in [0.15, 0.2) is 18.2 Å². The van der Waals surface area contributed by atoms with Gasteiger partial charge in [0.25, 0.3) is 0 Å². The Bertz CT molecular complexity index is 505. The van der Waals surface area contributed by atoms with Crippen LogP contribution in [0.4, 0.5) is 5.69 Å². The van der Waals surface area contributed by atoms with Crippen molar-refractivity contribution in [1.82, 2.24) is 0 Å². The van der Waals surface area contributed by atoms with Crippen LogP contribution in [0.2, 0.25) is 0 Å². The smallest absolute Gasteiger partial charge is 0.311 e. The summed E-state index contributed by atoms with van der Waals surface area (Å²) in [6, 6.07) is 5.03. The van der Waals surface area contributed by atoms with Crippen molar-refractivity contribution < 1.29 is 9.66 Å². The van der Waals surface area contributed by atoms with Gasteiger partial charge in [-0.15, -0.1) is 11.6 Å². The van der Waals surface area contributed by atoms with Crippen LogP contribution in [-0.4, -0.2) is 16.4 Å². The number of rotatable bonds is 4. The number of hydrogen-bond donors (Lipinski definition) is 0. The van der Waals surface area contributed by atoms with Crippen LogP contribution in [0.1, 0.15) is 32.3 Å². The minimum atomic E-state index is -0.400. The van der Waals surface area contributed by atoms with Crippen LogP contribution in [0.5, 0.6) is 5.75 Å². The van der Waals surface area contributed by atoms with Gasteiger partial charge in [0.1, 0.15) is 6.10 Å². The molecule has 0 aliphatic heterocycles. The summed E-state index contributed by atoms with van der Waals surface area (Å²) in [5.41, 5.74) is 0.762. The van der Waals surface area contributed by atoms with Gasteiger partial charge in [0.05, 0.1) is 4.92 Å². The van der Waals surface area contributed by atoms with E-state index in [4.69, 9.17) is 16.3 Å². The van der Waals surface area contributed by atoms with Gasteiger partial charge in [-0.05, 0) is 25.0 Å². The minimum absolute atomic E-state index is 0.0245. The maximum atomic E-state index is 11.1. The van der Waals surface area contributed by atoms with Gasteiger partial charge < -0.3 is 4.74 Å². The Morgan fingerprint density at radius 1 is 1.58 bits per heavy atom. The molecule has 0 bridgehead atoms. The Labute approximate surface area is 117 Å². The Hall–Kier alpha value is -1.29. The maximum Gasteiger partial charge on any atom is 0.311 e. The topological polar surface area (TPSA) is 52.4 Å². The quantitative estimate of drug-likeness (QED) is 0.475. The van der Waals surface area contributed by atoms with E-state index in [9.17, 15) is 10.1 Å². The molecule has 0 saturated heterocycles. The van der Waals surface area contributed by atoms with Crippen molar-refractivity contribution in [2.45, 2.75) is 45.1 Å². The van der Waals surface area contributed by atoms with Gasteiger partial charge in [-0.1, -0.05) is 19.9 Å². The molecule has 104 valence electrons. The largest absolute Gasteiger partial charge is 0.483 e. The lowest BCUT2D eigenvalue weighted by Gasteiger charge is -2.50. The molecule has 4 nitrogen and oxygen atoms in total. The van der Waals surface area contributed by atoms with Crippen molar-refractivity contribution in [3.05, 3.63) is 33.9 Å². The highest BCUT2D eigenvalue weighted by Gasteiger charge is 2.51. The zero-order chi connectivity index (χ0) is 14.2. The molecule has 1 aromatic carbocycles. The second kappa shape index (κ2) is 5.00. The predicted octanol–water partition coefficient (Wildman–Crippen LogP) is 4.08. The Kier molecular flexibility index (Phi) is 3.72. The predicted molar refractivity (Wildman–Crippen MR) is 74.9 cm³/mol. The minimum Gasteiger partial charge on any atom is -0.483 e. The third-order valence-electron chi connectivity index (χ3n) is 4.21. The van der Waals surface area contributed by atoms with E-state index < -0.39 is 4.92 Å². The third kappa shape index (κ3) is 2.41. The summed E-state index contributed by atoms with van der Waals surface area (Å²) in [4.78, 5) is 10.7. The van der Waals surface area contributed by atoms with Crippen molar-refractivity contribution in [2.75, 3.05) is 0 Å². The maximum absolute atomic E-state index is 11.1. The van der Waals surface area contributed by atoms with E-state index in [1.165, 1.54) is 6.07 Å². The summed E-state index contributed by atoms with van der Waals surface area (Å²) in [5, 5.41) is 11.1. The lowest BCUT2D eigenvalue weighted by Crippen LogP contribution is -2.55. The fraction of sp³-hybridized carbons (Fsp3) is 0.571. The molecule has 3 unspecified atom stereocenters. The zero-order valence-electron chi connectivity index (χ0n) is 11.4. The highest BCUT2D eigenvalue weighted by molar-refractivity contribution is 6.21. The molecule has 0 radical (unpaired) electrons. The van der Waals surface area contributed by atoms with E-state index in [0.717, 1.165) is 18.4 Å². The van der Waals surface area contributed by atoms with Crippen molar-refractivity contribution in [1.29, 1.82) is 0 Å². The molecule has 1 aliphatic carbocycles. The van der Waals surface area contributed by atoms with Crippen molar-refractivity contribution in [3.63, 3.8) is 0 Å². The molecule has 1 saturated carbocycles. The molecule has 1 aliphatic rings. The van der Waals surface area contributed by atoms with Crippen LogP contribution in [0.3, 0.4) is 0 Å². The molecule has 0 N–H and O–H groups in total. The van der Waals surface area contributed by atoms with E-state index in [2.05, 4.69) is 13.8 Å². The van der Waals surface area contributed by atoms with Crippen molar-refractivity contribution >= 4 is 17.3 Å². The van der Waals surface area contributed by atoms with Gasteiger partial charge in [-0.25, -0.2) is 0 Å². The molecule has 0 amide bonds. The second-order valence-electron chi connectivity index (χ2n) is 5.40. The summed E-state index contributed by atoms with van der Waals surface area (Å²) in [6.07, 6.45) is 1.57. The average molecular weight is 284 g/mol. The number of ether oxygens (including phenoxy) is 1. The van der Waals surface area contributed by atoms with E-state index in [-0.39, 0.29) is 22.6 Å². The summed E-state index contributed by atoms with van der Waals surface area (Å²) < 4.78 is 5.85. The lowest BCUT2D eigenvalue weighted by atomic mass is 9.65. The molecule has 5 heteroatoms. The Morgan fingerprint density at radius 3 is 2.79 bits per heavy atom. The molecule has 3 atom stereocenters. The lowest BCUT2D eigenvalue weighted by molar-refractivity contribution is -0.386. The Balaban J connectivity index is 2.23. The molecule has 0 spiro atoms. The molecule has 19 heavy (non-hydrogen) atoms. The van der Waals surface area contributed by atoms with Gasteiger partial charge in [0, 0.05) is 23.3 Å². The van der Waals surface area contributed by atoms with Crippen LogP contribution in [0.25, 0.3) is 0 Å². The number of aryl methyl sites for hydroxylation is 1. The molecular weight excluding hydrogens is 266 g/mol. The fourth-order valence-electron chi connectivity index (χ4n) is 2.42. The van der Waals surface area contributed by atoms with Crippen LogP contribution in [0, 0.1) is 22.5 Å². The monoisotopic (exact) mass is 283 g/mol. The van der Waals surface area contributed by atoms with E-state index >= 15 is 0 Å². The number of nitro benzene ring substituents is 1. The van der Waals surface area contributed by atoms with Gasteiger partial charge in [0.2, 0.25) is 0 Å². The van der Waals surface area contributed by atoms with Gasteiger partial charge >= 0.3 is 5.69 Å². The first-order valence-electron chi connectivity index (χ1n) is 6.44. The van der Waals surface area contributed by atoms with Crippen LogP contribution in [-0.2, 0) is 0 Å². The van der Waals surface area contributed by atoms with E-state index in [1.54, 1.807) is 6.07 Å². The van der Waals surface area contributed by atoms with E-state index in [0.29, 0.717) is 5.75 Å². The molecule has 1 aromatic rings. The summed E-state index contributed by atoms with van der Waals surface area (Å²) in [7, 11) is 0. The number of nitro groups is 1. The molecule has 2 rings (SSSR count). The van der Waals surface area contributed by atoms with E-state index in [1.807, 2.05) is 13.0 Å². The summed E-state index contributed by atoms with van der Waals surface area (Å²) >= 11 is 6.23. The first-order valence-corrected chi connectivity index (χ1v) is 6.88. The Morgan fingerprint density at radius 2 is 2.26 bits per heavy atom. The van der Waals surface area contributed by atoms with Gasteiger partial charge in [-0.3, -0.25) is 10.1 Å². The number of alkyl halides is 1. The van der Waals surface area contributed by atoms with Gasteiger partial charge in [-0.2, -0.15) is 0 Å². The van der Waals surface area contributed by atoms with Crippen LogP contribution < -0.4 is 4.74 Å². The molecule has 0 heterocycles. The summed E-state index contributed by atoms with van der Waals surface area (Å²) in [5.74, 6) is 0.337. The average Bonchev–Trinajstić information content (AvgIpc) is 2.38. The number of nitrogens with zero attached hydrogens (tertiary/aromatic N) is 1. The van der Waals surface area contributed by atoms with Gasteiger partial charge in [0.15, 0.2) is 5.75 Å². The normalized spacial score (nSPS) is 29.7. The number of benzene rings is 1. The standard InChI is InChI=1S/C14H18ClNO3/c1-4-14(3)12(15)8-13(14)19-11-6-5-9(2)7-10(11)16(17)18/h5-7,12-13H,4,8H2,1-3H3. The SMILES string of the molecule is CCC1(C)C(Cl)CC1Oc1ccc(C)cc1[N+](=O)[O-]. The molecule has 1 fully saturated rings. The summed E-state index contributed by atoms with van der Waals surface area (Å²) in [6.45, 7) is 5.96. The fourth-order valence-corrected chi connectivity index (χ4v) is 2.88. The zero-order valence-corrected chi connectivity index (χ0v) is 12.1. The second-order valence-corrected chi connectivity index (χ2v) is 5.92. The third-order valence-corrected chi connectivity index (χ3v) is 4.89. The van der Waals surface area contributed by atoms with Crippen molar-refractivity contribution in [3.8, 4) is 5.75 Å². The van der Waals surface area contributed by atoms with Crippen molar-refractivity contribution in [2.24, 2.45) is 5.41 Å². The molecule has 0 aromatic heterocycles. The first kappa shape index (κ1) is 14.1.